The molecule has 0 spiro atoms. The lowest BCUT2D eigenvalue weighted by Gasteiger charge is -2.11. The van der Waals surface area contributed by atoms with E-state index in [2.05, 4.69) is 10.1 Å². The van der Waals surface area contributed by atoms with Gasteiger partial charge in [-0.25, -0.2) is 0 Å². The standard InChI is InChI=1S/C13H16F3N3O/c1-9(17)5-6-12(18)19-8-10-3-2-4-11(7-10)20-13(14,15)16/h2-7,19H,8,17-18H2,1H3/b9-5-,12-6+. The van der Waals surface area contributed by atoms with Crippen molar-refractivity contribution < 1.29 is 17.9 Å². The summed E-state index contributed by atoms with van der Waals surface area (Å²) in [6.45, 7) is 1.98. The van der Waals surface area contributed by atoms with Gasteiger partial charge in [0.05, 0.1) is 5.82 Å². The van der Waals surface area contributed by atoms with Gasteiger partial charge in [-0.1, -0.05) is 12.1 Å². The smallest absolute Gasteiger partial charge is 0.406 e. The third-order valence-electron chi connectivity index (χ3n) is 2.15. The van der Waals surface area contributed by atoms with E-state index in [1.165, 1.54) is 18.2 Å². The molecule has 0 aliphatic heterocycles. The second kappa shape index (κ2) is 6.74. The maximum absolute atomic E-state index is 12.1. The predicted molar refractivity (Wildman–Crippen MR) is 70.2 cm³/mol. The normalized spacial score (nSPS) is 13.2. The summed E-state index contributed by atoms with van der Waals surface area (Å²) in [5.41, 5.74) is 12.3. The largest absolute Gasteiger partial charge is 0.573 e. The van der Waals surface area contributed by atoms with Crippen LogP contribution in [0.3, 0.4) is 0 Å². The van der Waals surface area contributed by atoms with Gasteiger partial charge in [0, 0.05) is 12.2 Å². The van der Waals surface area contributed by atoms with E-state index in [1.807, 2.05) is 0 Å². The fourth-order valence-electron chi connectivity index (χ4n) is 1.34. The Labute approximate surface area is 114 Å². The summed E-state index contributed by atoms with van der Waals surface area (Å²) in [6, 6.07) is 5.66. The van der Waals surface area contributed by atoms with Gasteiger partial charge in [0.1, 0.15) is 5.75 Å². The fourth-order valence-corrected chi connectivity index (χ4v) is 1.34. The third-order valence-corrected chi connectivity index (χ3v) is 2.15. The van der Waals surface area contributed by atoms with E-state index in [1.54, 1.807) is 25.1 Å². The molecule has 1 aromatic carbocycles. The molecule has 1 aromatic rings. The van der Waals surface area contributed by atoms with E-state index in [0.717, 1.165) is 0 Å². The van der Waals surface area contributed by atoms with Crippen molar-refractivity contribution >= 4 is 0 Å². The second-order valence-corrected chi connectivity index (χ2v) is 4.08. The SMILES string of the molecule is C/C(N)=C/C=C(\N)NCc1cccc(OC(F)(F)F)c1. The number of hydrogen-bond donors (Lipinski definition) is 3. The molecule has 0 heterocycles. The van der Waals surface area contributed by atoms with Crippen molar-refractivity contribution in [3.63, 3.8) is 0 Å². The minimum atomic E-state index is -4.70. The molecule has 5 N–H and O–H groups in total. The van der Waals surface area contributed by atoms with Crippen molar-refractivity contribution in [3.8, 4) is 5.75 Å². The van der Waals surface area contributed by atoms with Crippen LogP contribution in [0.4, 0.5) is 13.2 Å². The molecule has 0 amide bonds. The van der Waals surface area contributed by atoms with Crippen molar-refractivity contribution in [2.45, 2.75) is 19.8 Å². The topological polar surface area (TPSA) is 73.3 Å². The molecular weight excluding hydrogens is 271 g/mol. The molecule has 0 aliphatic rings. The Morgan fingerprint density at radius 3 is 2.60 bits per heavy atom. The maximum atomic E-state index is 12.1. The van der Waals surface area contributed by atoms with Crippen molar-refractivity contribution in [2.24, 2.45) is 11.5 Å². The highest BCUT2D eigenvalue weighted by atomic mass is 19.4. The van der Waals surface area contributed by atoms with Crippen molar-refractivity contribution in [2.75, 3.05) is 0 Å². The van der Waals surface area contributed by atoms with Gasteiger partial charge in [0.25, 0.3) is 0 Å². The van der Waals surface area contributed by atoms with E-state index in [0.29, 0.717) is 17.1 Å². The van der Waals surface area contributed by atoms with Gasteiger partial charge in [-0.05, 0) is 36.8 Å². The molecule has 7 heteroatoms. The van der Waals surface area contributed by atoms with Crippen LogP contribution < -0.4 is 21.5 Å². The molecule has 0 aromatic heterocycles. The van der Waals surface area contributed by atoms with E-state index in [4.69, 9.17) is 11.5 Å². The summed E-state index contributed by atoms with van der Waals surface area (Å²) < 4.78 is 40.1. The zero-order chi connectivity index (χ0) is 15.2. The number of rotatable bonds is 5. The Bertz CT molecular complexity index is 506. The first-order valence-corrected chi connectivity index (χ1v) is 5.74. The molecule has 0 saturated carbocycles. The van der Waals surface area contributed by atoms with Gasteiger partial charge in [-0.2, -0.15) is 0 Å². The summed E-state index contributed by atoms with van der Waals surface area (Å²) in [4.78, 5) is 0. The van der Waals surface area contributed by atoms with Crippen LogP contribution in [0.15, 0.2) is 47.9 Å². The van der Waals surface area contributed by atoms with Gasteiger partial charge < -0.3 is 21.5 Å². The van der Waals surface area contributed by atoms with Gasteiger partial charge in [0.2, 0.25) is 0 Å². The number of nitrogens with two attached hydrogens (primary N) is 2. The Hall–Kier alpha value is -2.31. The van der Waals surface area contributed by atoms with Crippen LogP contribution in [0, 0.1) is 0 Å². The second-order valence-electron chi connectivity index (χ2n) is 4.08. The molecule has 0 aliphatic carbocycles. The van der Waals surface area contributed by atoms with Crippen molar-refractivity contribution in [3.05, 3.63) is 53.5 Å². The number of allylic oxidation sites excluding steroid dienone is 3. The summed E-state index contributed by atoms with van der Waals surface area (Å²) in [5.74, 6) is 0.0917. The number of benzene rings is 1. The lowest BCUT2D eigenvalue weighted by atomic mass is 10.2. The predicted octanol–water partition coefficient (Wildman–Crippen LogP) is 2.34. The average Bonchev–Trinajstić information content (AvgIpc) is 2.32. The number of nitrogens with one attached hydrogen (secondary N) is 1. The highest BCUT2D eigenvalue weighted by Gasteiger charge is 2.31. The third kappa shape index (κ3) is 6.58. The van der Waals surface area contributed by atoms with Crippen molar-refractivity contribution in [1.82, 2.24) is 5.32 Å². The van der Waals surface area contributed by atoms with Crippen LogP contribution in [0.1, 0.15) is 12.5 Å². The summed E-state index contributed by atoms with van der Waals surface area (Å²) >= 11 is 0. The Balaban J connectivity index is 2.63. The first kappa shape index (κ1) is 15.7. The molecule has 4 nitrogen and oxygen atoms in total. The minimum absolute atomic E-state index is 0.267. The molecule has 0 radical (unpaired) electrons. The fraction of sp³-hybridized carbons (Fsp3) is 0.231. The lowest BCUT2D eigenvalue weighted by molar-refractivity contribution is -0.274. The molecule has 0 atom stereocenters. The lowest BCUT2D eigenvalue weighted by Crippen LogP contribution is -2.20. The molecule has 0 bridgehead atoms. The summed E-state index contributed by atoms with van der Waals surface area (Å²) in [7, 11) is 0. The molecule has 0 unspecified atom stereocenters. The van der Waals surface area contributed by atoms with E-state index >= 15 is 0 Å². The Kier molecular flexibility index (Phi) is 5.31. The van der Waals surface area contributed by atoms with Crippen LogP contribution in [-0.4, -0.2) is 6.36 Å². The minimum Gasteiger partial charge on any atom is -0.406 e. The zero-order valence-electron chi connectivity index (χ0n) is 10.9. The quantitative estimate of drug-likeness (QED) is 0.727. The molecule has 0 saturated heterocycles. The molecule has 1 rings (SSSR count). The molecule has 110 valence electrons. The average molecular weight is 287 g/mol. The highest BCUT2D eigenvalue weighted by molar-refractivity contribution is 5.29. The van der Waals surface area contributed by atoms with E-state index in [9.17, 15) is 13.2 Å². The Morgan fingerprint density at radius 2 is 2.00 bits per heavy atom. The van der Waals surface area contributed by atoms with Crippen LogP contribution in [0.2, 0.25) is 0 Å². The number of hydrogen-bond acceptors (Lipinski definition) is 4. The van der Waals surface area contributed by atoms with Crippen LogP contribution >= 0.6 is 0 Å². The van der Waals surface area contributed by atoms with Gasteiger partial charge in [0.15, 0.2) is 0 Å². The summed E-state index contributed by atoms with van der Waals surface area (Å²) in [6.07, 6.45) is -1.51. The van der Waals surface area contributed by atoms with Crippen molar-refractivity contribution in [1.29, 1.82) is 0 Å². The summed E-state index contributed by atoms with van der Waals surface area (Å²) in [5, 5.41) is 2.85. The molecule has 20 heavy (non-hydrogen) atoms. The molecular formula is C13H16F3N3O. The maximum Gasteiger partial charge on any atom is 0.573 e. The van der Waals surface area contributed by atoms with Gasteiger partial charge in [-0.3, -0.25) is 0 Å². The molecule has 0 fully saturated rings. The number of alkyl halides is 3. The number of halogens is 3. The zero-order valence-corrected chi connectivity index (χ0v) is 10.9. The van der Waals surface area contributed by atoms with E-state index < -0.39 is 6.36 Å². The van der Waals surface area contributed by atoms with Gasteiger partial charge >= 0.3 is 6.36 Å². The van der Waals surface area contributed by atoms with Crippen LogP contribution in [0.25, 0.3) is 0 Å². The first-order chi connectivity index (χ1) is 9.26. The van der Waals surface area contributed by atoms with E-state index in [-0.39, 0.29) is 12.3 Å². The first-order valence-electron chi connectivity index (χ1n) is 5.74. The Morgan fingerprint density at radius 1 is 1.30 bits per heavy atom. The van der Waals surface area contributed by atoms with Crippen LogP contribution in [-0.2, 0) is 6.54 Å². The number of ether oxygens (including phenoxy) is 1. The highest BCUT2D eigenvalue weighted by Crippen LogP contribution is 2.23. The van der Waals surface area contributed by atoms with Crippen LogP contribution in [0.5, 0.6) is 5.75 Å². The van der Waals surface area contributed by atoms with Gasteiger partial charge in [-0.15, -0.1) is 13.2 Å². The monoisotopic (exact) mass is 287 g/mol.